The molecule has 0 saturated heterocycles. The quantitative estimate of drug-likeness (QED) is 0.501. The van der Waals surface area contributed by atoms with Crippen molar-refractivity contribution in [3.8, 4) is 0 Å². The van der Waals surface area contributed by atoms with Gasteiger partial charge in [0.15, 0.2) is 0 Å². The van der Waals surface area contributed by atoms with Crippen LogP contribution in [0, 0.1) is 0 Å². The van der Waals surface area contributed by atoms with Crippen molar-refractivity contribution in [3.05, 3.63) is 0 Å². The SMILES string of the molecule is [Ca+2].[H-].[H-].[H-].[H-].[Mg+2].[Sn].[Zn]. The third-order valence-electron chi connectivity index (χ3n) is 0. The van der Waals surface area contributed by atoms with Crippen LogP contribution in [-0.2, 0) is 19.5 Å². The zero-order valence-corrected chi connectivity index (χ0v) is 12.1. The Hall–Kier alpha value is 3.45. The van der Waals surface area contributed by atoms with Gasteiger partial charge in [0.25, 0.3) is 0 Å². The third kappa shape index (κ3) is 9.07. The van der Waals surface area contributed by atoms with Gasteiger partial charge in [0.05, 0.1) is 0 Å². The van der Waals surface area contributed by atoms with Crippen molar-refractivity contribution < 1.29 is 25.2 Å². The summed E-state index contributed by atoms with van der Waals surface area (Å²) >= 11 is 0. The van der Waals surface area contributed by atoms with E-state index in [0.717, 1.165) is 0 Å². The first-order chi connectivity index (χ1) is 0. The van der Waals surface area contributed by atoms with E-state index in [1.807, 2.05) is 0 Å². The maximum Gasteiger partial charge on any atom is 2.00 e. The first-order valence-corrected chi connectivity index (χ1v) is 0. The van der Waals surface area contributed by atoms with Gasteiger partial charge in [-0.2, -0.15) is 0 Å². The van der Waals surface area contributed by atoms with E-state index in [1.54, 1.807) is 0 Å². The Morgan fingerprint density at radius 1 is 1.25 bits per heavy atom. The second-order valence-corrected chi connectivity index (χ2v) is 0. The van der Waals surface area contributed by atoms with E-state index in [1.165, 1.54) is 0 Å². The number of hydrogen-bond donors (Lipinski definition) is 0. The van der Waals surface area contributed by atoms with Crippen LogP contribution in [0.1, 0.15) is 5.71 Å². The third-order valence-corrected chi connectivity index (χ3v) is 0. The molecule has 0 aromatic heterocycles. The van der Waals surface area contributed by atoms with Gasteiger partial charge in [0.1, 0.15) is 0 Å². The van der Waals surface area contributed by atoms with Crippen LogP contribution in [-0.4, -0.2) is 84.7 Å². The van der Waals surface area contributed by atoms with Crippen LogP contribution in [0.4, 0.5) is 0 Å². The summed E-state index contributed by atoms with van der Waals surface area (Å²) in [6.45, 7) is 0. The maximum absolute atomic E-state index is 0. The molecule has 4 radical (unpaired) electrons. The Balaban J connectivity index is 0. The summed E-state index contributed by atoms with van der Waals surface area (Å²) in [6, 6.07) is 0. The standard InChI is InChI=1S/Ca.Mg.Sn.Zn.4H/q2*+2;;;4*-1. The molecule has 0 heterocycles. The summed E-state index contributed by atoms with van der Waals surface area (Å²) in [5.41, 5.74) is 0. The van der Waals surface area contributed by atoms with Crippen molar-refractivity contribution in [1.29, 1.82) is 0 Å². The molecule has 0 nitrogen and oxygen atoms in total. The minimum atomic E-state index is 0. The Labute approximate surface area is 108 Å². The topological polar surface area (TPSA) is 0 Å². The normalized spacial score (nSPS) is 0. The molecule has 0 aliphatic heterocycles. The van der Waals surface area contributed by atoms with Crippen molar-refractivity contribution in [2.24, 2.45) is 0 Å². The van der Waals surface area contributed by atoms with Crippen LogP contribution in [0.5, 0.6) is 0 Å². The Kier molecular flexibility index (Phi) is 105. The zero-order chi connectivity index (χ0) is 0. The van der Waals surface area contributed by atoms with Gasteiger partial charge in [-0.15, -0.1) is 0 Å². The first-order valence-electron chi connectivity index (χ1n) is 0. The molecule has 0 aromatic carbocycles. The average molecular weight is 253 g/mol. The van der Waals surface area contributed by atoms with Crippen molar-refractivity contribution in [3.63, 3.8) is 0 Å². The van der Waals surface area contributed by atoms with Crippen LogP contribution in [0.15, 0.2) is 0 Å². The largest absolute Gasteiger partial charge is 2.00 e. The molecular formula is H4CaMgSnZn. The van der Waals surface area contributed by atoms with E-state index in [9.17, 15) is 0 Å². The van der Waals surface area contributed by atoms with E-state index in [2.05, 4.69) is 0 Å². The fourth-order valence-electron chi connectivity index (χ4n) is 0. The molecule has 0 aliphatic carbocycles. The van der Waals surface area contributed by atoms with Gasteiger partial charge in [-0.1, -0.05) is 0 Å². The van der Waals surface area contributed by atoms with E-state index >= 15 is 0 Å². The number of rotatable bonds is 0. The van der Waals surface area contributed by atoms with Gasteiger partial charge in [0, 0.05) is 43.4 Å². The van der Waals surface area contributed by atoms with Crippen LogP contribution < -0.4 is 0 Å². The monoisotopic (exact) mass is 252 g/mol. The summed E-state index contributed by atoms with van der Waals surface area (Å²) < 4.78 is 0. The van der Waals surface area contributed by atoms with Crippen molar-refractivity contribution in [2.45, 2.75) is 0 Å². The van der Waals surface area contributed by atoms with Gasteiger partial charge in [-0.25, -0.2) is 0 Å². The van der Waals surface area contributed by atoms with Crippen molar-refractivity contribution >= 4 is 84.7 Å². The molecule has 0 fully saturated rings. The predicted octanol–water partition coefficient (Wildman–Crippen LogP) is -0.695. The van der Waals surface area contributed by atoms with Crippen LogP contribution >= 0.6 is 0 Å². The molecule has 0 bridgehead atoms. The summed E-state index contributed by atoms with van der Waals surface area (Å²) in [5, 5.41) is 0. The molecule has 4 heavy (non-hydrogen) atoms. The van der Waals surface area contributed by atoms with E-state index in [0.29, 0.717) is 0 Å². The summed E-state index contributed by atoms with van der Waals surface area (Å²) in [4.78, 5) is 0. The molecule has 0 rings (SSSR count). The average Bonchev–Trinajstić information content (AvgIpc) is 0. The molecule has 0 N–H and O–H groups in total. The van der Waals surface area contributed by atoms with Crippen LogP contribution in [0.3, 0.4) is 0 Å². The van der Waals surface area contributed by atoms with E-state index in [-0.39, 0.29) is 110 Å². The Morgan fingerprint density at radius 2 is 1.25 bits per heavy atom. The molecule has 14 valence electrons. The van der Waals surface area contributed by atoms with Gasteiger partial charge >= 0.3 is 60.8 Å². The smallest absolute Gasteiger partial charge is 1.00 e. The fraction of sp³-hybridized carbons (Fsp3) is 0. The van der Waals surface area contributed by atoms with Crippen molar-refractivity contribution in [1.82, 2.24) is 0 Å². The van der Waals surface area contributed by atoms with Crippen molar-refractivity contribution in [2.75, 3.05) is 0 Å². The molecule has 0 aromatic rings. The number of hydrogen-bond acceptors (Lipinski definition) is 0. The van der Waals surface area contributed by atoms with E-state index < -0.39 is 0 Å². The predicted molar refractivity (Wildman–Crippen MR) is 21.7 cm³/mol. The van der Waals surface area contributed by atoms with Crippen LogP contribution in [0.2, 0.25) is 0 Å². The second-order valence-electron chi connectivity index (χ2n) is 0. The summed E-state index contributed by atoms with van der Waals surface area (Å²) in [5.74, 6) is 0. The molecule has 0 unspecified atom stereocenters. The minimum Gasteiger partial charge on any atom is -1.00 e. The van der Waals surface area contributed by atoms with Gasteiger partial charge in [0.2, 0.25) is 0 Å². The molecule has 4 heteroatoms. The molecule has 0 amide bonds. The Bertz CT molecular complexity index is 16.0. The van der Waals surface area contributed by atoms with E-state index in [4.69, 9.17) is 0 Å². The van der Waals surface area contributed by atoms with Gasteiger partial charge in [-0.05, 0) is 0 Å². The first kappa shape index (κ1) is 26.0. The molecule has 0 aliphatic rings. The molecule has 0 spiro atoms. The summed E-state index contributed by atoms with van der Waals surface area (Å²) in [7, 11) is 0. The van der Waals surface area contributed by atoms with Gasteiger partial charge < -0.3 is 5.71 Å². The summed E-state index contributed by atoms with van der Waals surface area (Å²) in [6.07, 6.45) is 0. The molecule has 0 saturated carbocycles. The van der Waals surface area contributed by atoms with Gasteiger partial charge in [-0.3, -0.25) is 0 Å². The minimum absolute atomic E-state index is 0. The fourth-order valence-corrected chi connectivity index (χ4v) is 0. The molecule has 0 atom stereocenters. The Morgan fingerprint density at radius 3 is 1.25 bits per heavy atom. The maximum atomic E-state index is 0. The second kappa shape index (κ2) is 16.1. The molecular weight excluding hydrogens is 248 g/mol. The van der Waals surface area contributed by atoms with Crippen LogP contribution in [0.25, 0.3) is 0 Å². The zero-order valence-electron chi connectivity index (χ0n) is 6.62.